The Morgan fingerprint density at radius 3 is 2.53 bits per heavy atom. The molecular formula is C13H18N2O2. The van der Waals surface area contributed by atoms with Gasteiger partial charge in [-0.1, -0.05) is 12.1 Å². The first-order valence-electron chi connectivity index (χ1n) is 5.89. The molecule has 0 bridgehead atoms. The third kappa shape index (κ3) is 2.84. The van der Waals surface area contributed by atoms with Gasteiger partial charge in [-0.3, -0.25) is 9.69 Å². The summed E-state index contributed by atoms with van der Waals surface area (Å²) in [5.41, 5.74) is 2.04. The van der Waals surface area contributed by atoms with Crippen molar-refractivity contribution in [1.82, 2.24) is 4.90 Å². The number of amides is 1. The van der Waals surface area contributed by atoms with Gasteiger partial charge in [0.05, 0.1) is 6.54 Å². The molecule has 2 rings (SSSR count). The molecule has 1 N–H and O–H groups in total. The van der Waals surface area contributed by atoms with Crippen LogP contribution in [0.1, 0.15) is 5.56 Å². The summed E-state index contributed by atoms with van der Waals surface area (Å²) in [4.78, 5) is 15.7. The van der Waals surface area contributed by atoms with Crippen LogP contribution in [0.5, 0.6) is 0 Å². The molecule has 0 unspecified atom stereocenters. The molecule has 1 amide bonds. The van der Waals surface area contributed by atoms with Crippen molar-refractivity contribution in [2.75, 3.05) is 38.2 Å². The number of aliphatic hydroxyl groups is 1. The van der Waals surface area contributed by atoms with Gasteiger partial charge >= 0.3 is 0 Å². The molecule has 1 heterocycles. The number of aliphatic hydroxyl groups excluding tert-OH is 1. The fourth-order valence-electron chi connectivity index (χ4n) is 2.04. The Hall–Kier alpha value is -1.39. The quantitative estimate of drug-likeness (QED) is 0.828. The largest absolute Gasteiger partial charge is 0.396 e. The van der Waals surface area contributed by atoms with E-state index in [1.807, 2.05) is 41.1 Å². The zero-order chi connectivity index (χ0) is 12.3. The molecule has 1 saturated heterocycles. The first-order chi connectivity index (χ1) is 8.20. The smallest absolute Gasteiger partial charge is 0.241 e. The van der Waals surface area contributed by atoms with Crippen LogP contribution in [0, 0.1) is 0 Å². The van der Waals surface area contributed by atoms with E-state index in [0.717, 1.165) is 24.3 Å². The molecule has 0 atom stereocenters. The summed E-state index contributed by atoms with van der Waals surface area (Å²) < 4.78 is 0. The van der Waals surface area contributed by atoms with E-state index in [4.69, 9.17) is 5.11 Å². The fourth-order valence-corrected chi connectivity index (χ4v) is 2.04. The molecule has 0 aromatic heterocycles. The minimum absolute atomic E-state index is 0.147. The second kappa shape index (κ2) is 5.29. The lowest BCUT2D eigenvalue weighted by atomic mass is 10.1. The van der Waals surface area contributed by atoms with Crippen molar-refractivity contribution in [3.05, 3.63) is 29.8 Å². The van der Waals surface area contributed by atoms with E-state index in [2.05, 4.69) is 0 Å². The van der Waals surface area contributed by atoms with Crippen molar-refractivity contribution < 1.29 is 9.90 Å². The van der Waals surface area contributed by atoms with E-state index in [1.54, 1.807) is 0 Å². The molecule has 92 valence electrons. The lowest BCUT2D eigenvalue weighted by molar-refractivity contribution is -0.120. The SMILES string of the molecule is CN1CCN(c2ccc(CCO)cc2)C(=O)C1. The summed E-state index contributed by atoms with van der Waals surface area (Å²) in [5, 5.41) is 8.84. The highest BCUT2D eigenvalue weighted by Crippen LogP contribution is 2.17. The first-order valence-corrected chi connectivity index (χ1v) is 5.89. The van der Waals surface area contributed by atoms with E-state index in [0.29, 0.717) is 13.0 Å². The number of rotatable bonds is 3. The molecule has 1 fully saturated rings. The van der Waals surface area contributed by atoms with E-state index in [-0.39, 0.29) is 12.5 Å². The van der Waals surface area contributed by atoms with Gasteiger partial charge < -0.3 is 10.0 Å². The van der Waals surface area contributed by atoms with Crippen molar-refractivity contribution in [1.29, 1.82) is 0 Å². The van der Waals surface area contributed by atoms with Crippen LogP contribution in [-0.2, 0) is 11.2 Å². The molecule has 1 aliphatic rings. The van der Waals surface area contributed by atoms with Gasteiger partial charge in [-0.25, -0.2) is 0 Å². The van der Waals surface area contributed by atoms with Crippen LogP contribution in [0.15, 0.2) is 24.3 Å². The van der Waals surface area contributed by atoms with Crippen molar-refractivity contribution in [2.45, 2.75) is 6.42 Å². The monoisotopic (exact) mass is 234 g/mol. The summed E-state index contributed by atoms with van der Waals surface area (Å²) in [6, 6.07) is 7.84. The number of hydrogen-bond acceptors (Lipinski definition) is 3. The zero-order valence-corrected chi connectivity index (χ0v) is 10.1. The van der Waals surface area contributed by atoms with E-state index >= 15 is 0 Å². The third-order valence-electron chi connectivity index (χ3n) is 3.06. The Labute approximate surface area is 101 Å². The molecule has 0 spiro atoms. The van der Waals surface area contributed by atoms with Crippen molar-refractivity contribution in [2.24, 2.45) is 0 Å². The topological polar surface area (TPSA) is 43.8 Å². The molecule has 0 aliphatic carbocycles. The number of piperazine rings is 1. The summed E-state index contributed by atoms with van der Waals surface area (Å²) in [6.07, 6.45) is 0.664. The first kappa shape index (κ1) is 12.1. The maximum atomic E-state index is 11.9. The van der Waals surface area contributed by atoms with Crippen LogP contribution >= 0.6 is 0 Å². The van der Waals surface area contributed by atoms with Gasteiger partial charge in [0.2, 0.25) is 5.91 Å². The van der Waals surface area contributed by atoms with E-state index in [1.165, 1.54) is 0 Å². The van der Waals surface area contributed by atoms with Gasteiger partial charge in [-0.05, 0) is 31.2 Å². The molecule has 1 aromatic carbocycles. The third-order valence-corrected chi connectivity index (χ3v) is 3.06. The molecular weight excluding hydrogens is 216 g/mol. The van der Waals surface area contributed by atoms with Crippen LogP contribution in [0.25, 0.3) is 0 Å². The predicted octanol–water partition coefficient (Wildman–Crippen LogP) is 0.500. The lowest BCUT2D eigenvalue weighted by Crippen LogP contribution is -2.48. The van der Waals surface area contributed by atoms with Crippen LogP contribution in [0.4, 0.5) is 5.69 Å². The Bertz CT molecular complexity index is 389. The minimum atomic E-state index is 0.147. The van der Waals surface area contributed by atoms with Crippen molar-refractivity contribution >= 4 is 11.6 Å². The second-order valence-electron chi connectivity index (χ2n) is 4.42. The summed E-state index contributed by atoms with van der Waals surface area (Å²) in [6.45, 7) is 2.30. The fraction of sp³-hybridized carbons (Fsp3) is 0.462. The van der Waals surface area contributed by atoms with E-state index in [9.17, 15) is 4.79 Å². The number of nitrogens with zero attached hydrogens (tertiary/aromatic N) is 2. The van der Waals surface area contributed by atoms with Crippen molar-refractivity contribution in [3.63, 3.8) is 0 Å². The Morgan fingerprint density at radius 2 is 1.94 bits per heavy atom. The van der Waals surface area contributed by atoms with Crippen LogP contribution in [0.2, 0.25) is 0 Å². The van der Waals surface area contributed by atoms with Crippen molar-refractivity contribution in [3.8, 4) is 0 Å². The Morgan fingerprint density at radius 1 is 1.24 bits per heavy atom. The molecule has 4 nitrogen and oxygen atoms in total. The average Bonchev–Trinajstić information content (AvgIpc) is 2.31. The van der Waals surface area contributed by atoms with Gasteiger partial charge in [0.1, 0.15) is 0 Å². The number of carbonyl (C=O) groups is 1. The average molecular weight is 234 g/mol. The van der Waals surface area contributed by atoms with Crippen LogP contribution in [-0.4, -0.2) is 49.2 Å². The molecule has 0 saturated carbocycles. The number of anilines is 1. The highest BCUT2D eigenvalue weighted by molar-refractivity contribution is 5.95. The minimum Gasteiger partial charge on any atom is -0.396 e. The Balaban J connectivity index is 2.09. The highest BCUT2D eigenvalue weighted by Gasteiger charge is 2.22. The van der Waals surface area contributed by atoms with Crippen LogP contribution in [0.3, 0.4) is 0 Å². The Kier molecular flexibility index (Phi) is 3.76. The summed E-state index contributed by atoms with van der Waals surface area (Å²) in [5.74, 6) is 0.147. The number of hydrogen-bond donors (Lipinski definition) is 1. The molecule has 1 aliphatic heterocycles. The second-order valence-corrected chi connectivity index (χ2v) is 4.42. The number of benzene rings is 1. The van der Waals surface area contributed by atoms with Gasteiger partial charge in [-0.15, -0.1) is 0 Å². The summed E-state index contributed by atoms with van der Waals surface area (Å²) in [7, 11) is 1.96. The maximum Gasteiger partial charge on any atom is 0.241 e. The van der Waals surface area contributed by atoms with Crippen LogP contribution < -0.4 is 4.90 Å². The highest BCUT2D eigenvalue weighted by atomic mass is 16.3. The standard InChI is InChI=1S/C13H18N2O2/c1-14-7-8-15(13(17)10-14)12-4-2-11(3-5-12)6-9-16/h2-5,16H,6-10H2,1H3. The normalized spacial score (nSPS) is 17.5. The van der Waals surface area contributed by atoms with Gasteiger partial charge in [-0.2, -0.15) is 0 Å². The molecule has 0 radical (unpaired) electrons. The summed E-state index contributed by atoms with van der Waals surface area (Å²) >= 11 is 0. The predicted molar refractivity (Wildman–Crippen MR) is 67.1 cm³/mol. The molecule has 1 aromatic rings. The maximum absolute atomic E-state index is 11.9. The van der Waals surface area contributed by atoms with Gasteiger partial charge in [0, 0.05) is 25.4 Å². The van der Waals surface area contributed by atoms with Gasteiger partial charge in [0.25, 0.3) is 0 Å². The van der Waals surface area contributed by atoms with E-state index < -0.39 is 0 Å². The van der Waals surface area contributed by atoms with Gasteiger partial charge in [0.15, 0.2) is 0 Å². The molecule has 4 heteroatoms. The lowest BCUT2D eigenvalue weighted by Gasteiger charge is -2.32. The number of likely N-dealkylation sites (N-methyl/N-ethyl adjacent to an activating group) is 1. The zero-order valence-electron chi connectivity index (χ0n) is 10.1. The molecule has 17 heavy (non-hydrogen) atoms. The number of carbonyl (C=O) groups excluding carboxylic acids is 1.